The zero-order valence-electron chi connectivity index (χ0n) is 26.1. The summed E-state index contributed by atoms with van der Waals surface area (Å²) >= 11 is 0. The van der Waals surface area contributed by atoms with Crippen LogP contribution in [0.3, 0.4) is 0 Å². The first-order chi connectivity index (χ1) is 19.0. The lowest BCUT2D eigenvalue weighted by Crippen LogP contribution is -2.25. The van der Waals surface area contributed by atoms with Gasteiger partial charge in [-0.25, -0.2) is 4.79 Å². The molecule has 230 valence electrons. The van der Waals surface area contributed by atoms with Gasteiger partial charge in [0.2, 0.25) is 0 Å². The van der Waals surface area contributed by atoms with Crippen molar-refractivity contribution in [1.82, 2.24) is 0 Å². The number of aliphatic hydroxyl groups is 2. The Hall–Kier alpha value is -0.870. The quantitative estimate of drug-likeness (QED) is 0.0718. The SMILES string of the molecule is CCCCCCCCCCCCC(O)C(O)CCCCCCCCCCCCCCCCC1=CC(C)OC1=O. The molecule has 0 saturated carbocycles. The fraction of sp³-hybridized carbons (Fsp3) is 0.914. The van der Waals surface area contributed by atoms with E-state index in [2.05, 4.69) is 6.92 Å². The molecule has 4 nitrogen and oxygen atoms in total. The molecule has 2 N–H and O–H groups in total. The van der Waals surface area contributed by atoms with Gasteiger partial charge in [-0.1, -0.05) is 155 Å². The maximum atomic E-state index is 11.6. The van der Waals surface area contributed by atoms with Crippen LogP contribution in [0.5, 0.6) is 0 Å². The number of carbonyl (C=O) groups excluding carboxylic acids is 1. The highest BCUT2D eigenvalue weighted by Gasteiger charge is 2.21. The number of hydrogen-bond donors (Lipinski definition) is 2. The van der Waals surface area contributed by atoms with Crippen molar-refractivity contribution in [2.75, 3.05) is 0 Å². The molecule has 3 unspecified atom stereocenters. The van der Waals surface area contributed by atoms with E-state index in [0.29, 0.717) is 0 Å². The molecule has 0 aromatic heterocycles. The van der Waals surface area contributed by atoms with E-state index >= 15 is 0 Å². The minimum Gasteiger partial charge on any atom is -0.455 e. The topological polar surface area (TPSA) is 66.8 Å². The van der Waals surface area contributed by atoms with Crippen molar-refractivity contribution in [2.45, 2.75) is 206 Å². The van der Waals surface area contributed by atoms with Gasteiger partial charge in [0.15, 0.2) is 0 Å². The molecule has 0 aromatic carbocycles. The van der Waals surface area contributed by atoms with Crippen molar-refractivity contribution in [3.8, 4) is 0 Å². The van der Waals surface area contributed by atoms with E-state index in [1.807, 2.05) is 13.0 Å². The van der Waals surface area contributed by atoms with Crippen LogP contribution in [0.25, 0.3) is 0 Å². The highest BCUT2D eigenvalue weighted by Crippen LogP contribution is 2.20. The van der Waals surface area contributed by atoms with Crippen molar-refractivity contribution in [2.24, 2.45) is 0 Å². The number of unbranched alkanes of at least 4 members (excludes halogenated alkanes) is 22. The van der Waals surface area contributed by atoms with Gasteiger partial charge in [-0.3, -0.25) is 0 Å². The highest BCUT2D eigenvalue weighted by atomic mass is 16.5. The molecule has 1 rings (SSSR count). The summed E-state index contributed by atoms with van der Waals surface area (Å²) in [7, 11) is 0. The number of hydrogen-bond acceptors (Lipinski definition) is 4. The largest absolute Gasteiger partial charge is 0.455 e. The van der Waals surface area contributed by atoms with Crippen molar-refractivity contribution in [3.63, 3.8) is 0 Å². The van der Waals surface area contributed by atoms with Gasteiger partial charge < -0.3 is 14.9 Å². The Bertz CT molecular complexity index is 587. The molecule has 39 heavy (non-hydrogen) atoms. The smallest absolute Gasteiger partial charge is 0.334 e. The molecule has 0 aliphatic carbocycles. The lowest BCUT2D eigenvalue weighted by atomic mass is 9.99. The number of cyclic esters (lactones) is 1. The second-order valence-electron chi connectivity index (χ2n) is 12.4. The number of ether oxygens (including phenoxy) is 1. The van der Waals surface area contributed by atoms with E-state index in [1.54, 1.807) is 0 Å². The zero-order chi connectivity index (χ0) is 28.4. The van der Waals surface area contributed by atoms with Gasteiger partial charge in [0.05, 0.1) is 12.2 Å². The van der Waals surface area contributed by atoms with Crippen LogP contribution < -0.4 is 0 Å². The van der Waals surface area contributed by atoms with Crippen LogP contribution in [0.1, 0.15) is 187 Å². The molecule has 1 aliphatic heterocycles. The van der Waals surface area contributed by atoms with Crippen LogP contribution in [0, 0.1) is 0 Å². The van der Waals surface area contributed by atoms with Gasteiger partial charge in [0.25, 0.3) is 0 Å². The van der Waals surface area contributed by atoms with Crippen molar-refractivity contribution >= 4 is 5.97 Å². The molecule has 1 heterocycles. The van der Waals surface area contributed by atoms with Gasteiger partial charge in [-0.2, -0.15) is 0 Å². The van der Waals surface area contributed by atoms with E-state index < -0.39 is 12.2 Å². The normalized spacial score (nSPS) is 16.9. The van der Waals surface area contributed by atoms with Crippen LogP contribution in [-0.2, 0) is 9.53 Å². The third-order valence-corrected chi connectivity index (χ3v) is 8.48. The molecule has 0 spiro atoms. The molecular formula is C35H66O4. The maximum Gasteiger partial charge on any atom is 0.334 e. The average molecular weight is 551 g/mol. The second kappa shape index (κ2) is 26.1. The standard InChI is InChI=1S/C35H66O4/c1-3-4-5-6-7-8-16-19-22-25-28-33(36)34(37)29-26-23-20-17-14-12-10-9-11-13-15-18-21-24-27-32-30-31(2)39-35(32)38/h30-31,33-34,36-37H,3-29H2,1-2H3. The van der Waals surface area contributed by atoms with E-state index in [-0.39, 0.29) is 12.1 Å². The average Bonchev–Trinajstić information content (AvgIpc) is 3.25. The second-order valence-corrected chi connectivity index (χ2v) is 12.4. The van der Waals surface area contributed by atoms with Crippen molar-refractivity contribution < 1.29 is 19.7 Å². The van der Waals surface area contributed by atoms with Gasteiger partial charge in [0, 0.05) is 5.57 Å². The highest BCUT2D eigenvalue weighted by molar-refractivity contribution is 5.90. The number of rotatable bonds is 29. The van der Waals surface area contributed by atoms with Crippen molar-refractivity contribution in [1.29, 1.82) is 0 Å². The molecule has 0 bridgehead atoms. The minimum atomic E-state index is -0.532. The number of carbonyl (C=O) groups is 1. The van der Waals surface area contributed by atoms with Crippen LogP contribution in [-0.4, -0.2) is 34.5 Å². The van der Waals surface area contributed by atoms with Crippen molar-refractivity contribution in [3.05, 3.63) is 11.6 Å². The van der Waals surface area contributed by atoms with E-state index in [0.717, 1.165) is 44.1 Å². The summed E-state index contributed by atoms with van der Waals surface area (Å²) in [5, 5.41) is 20.5. The summed E-state index contributed by atoms with van der Waals surface area (Å²) in [5.41, 5.74) is 0.883. The van der Waals surface area contributed by atoms with Crippen LogP contribution in [0.4, 0.5) is 0 Å². The molecule has 0 fully saturated rings. The first-order valence-corrected chi connectivity index (χ1v) is 17.3. The predicted octanol–water partition coefficient (Wildman–Crippen LogP) is 10.1. The molecule has 0 amide bonds. The summed E-state index contributed by atoms with van der Waals surface area (Å²) in [6, 6.07) is 0. The predicted molar refractivity (Wildman–Crippen MR) is 166 cm³/mol. The van der Waals surface area contributed by atoms with E-state index in [1.165, 1.54) is 135 Å². The van der Waals surface area contributed by atoms with Crippen LogP contribution in [0.2, 0.25) is 0 Å². The van der Waals surface area contributed by atoms with Crippen LogP contribution in [0.15, 0.2) is 11.6 Å². The van der Waals surface area contributed by atoms with Gasteiger partial charge in [-0.05, 0) is 38.7 Å². The molecule has 0 saturated heterocycles. The zero-order valence-corrected chi connectivity index (χ0v) is 26.1. The molecule has 1 aliphatic rings. The third kappa shape index (κ3) is 21.5. The van der Waals surface area contributed by atoms with Crippen LogP contribution >= 0.6 is 0 Å². The van der Waals surface area contributed by atoms with Gasteiger partial charge in [-0.15, -0.1) is 0 Å². The fourth-order valence-corrected chi connectivity index (χ4v) is 5.83. The number of aliphatic hydroxyl groups excluding tert-OH is 2. The Labute approximate surface area is 242 Å². The Morgan fingerprint density at radius 3 is 1.26 bits per heavy atom. The monoisotopic (exact) mass is 550 g/mol. The van der Waals surface area contributed by atoms with Gasteiger partial charge in [0.1, 0.15) is 6.10 Å². The van der Waals surface area contributed by atoms with E-state index in [9.17, 15) is 15.0 Å². The third-order valence-electron chi connectivity index (χ3n) is 8.48. The number of esters is 1. The van der Waals surface area contributed by atoms with Gasteiger partial charge >= 0.3 is 5.97 Å². The Morgan fingerprint density at radius 2 is 0.923 bits per heavy atom. The summed E-state index contributed by atoms with van der Waals surface area (Å²) in [4.78, 5) is 11.6. The summed E-state index contributed by atoms with van der Waals surface area (Å²) in [5.74, 6) is -0.105. The maximum absolute atomic E-state index is 11.6. The molecule has 0 aromatic rings. The summed E-state index contributed by atoms with van der Waals surface area (Å²) in [6.45, 7) is 4.19. The summed E-state index contributed by atoms with van der Waals surface area (Å²) in [6.07, 6.45) is 34.1. The first-order valence-electron chi connectivity index (χ1n) is 17.3. The van der Waals surface area contributed by atoms with E-state index in [4.69, 9.17) is 4.74 Å². The fourth-order valence-electron chi connectivity index (χ4n) is 5.83. The Balaban J connectivity index is 1.76. The Morgan fingerprint density at radius 1 is 0.590 bits per heavy atom. The molecular weight excluding hydrogens is 484 g/mol. The lowest BCUT2D eigenvalue weighted by molar-refractivity contribution is -0.139. The molecule has 4 heteroatoms. The first kappa shape index (κ1) is 36.2. The molecule has 0 radical (unpaired) electrons. The lowest BCUT2D eigenvalue weighted by Gasteiger charge is -2.17. The molecule has 3 atom stereocenters. The minimum absolute atomic E-state index is 0.0321. The summed E-state index contributed by atoms with van der Waals surface area (Å²) < 4.78 is 5.15. The Kier molecular flexibility index (Phi) is 24.2.